The molecule has 2 rings (SSSR count). The molecule has 0 radical (unpaired) electrons. The highest BCUT2D eigenvalue weighted by atomic mass is 35.5. The molecule has 0 bridgehead atoms. The molecule has 5 heteroatoms. The minimum Gasteiger partial charge on any atom is -0.381 e. The van der Waals surface area contributed by atoms with Crippen molar-refractivity contribution in [3.63, 3.8) is 0 Å². The molecule has 0 spiro atoms. The summed E-state index contributed by atoms with van der Waals surface area (Å²) in [6.45, 7) is 7.45. The maximum atomic E-state index is 12.4. The number of hydrogen-bond acceptors (Lipinski definition) is 3. The van der Waals surface area contributed by atoms with Gasteiger partial charge in [-0.25, -0.2) is 0 Å². The summed E-state index contributed by atoms with van der Waals surface area (Å²) in [5.74, 6) is 1.43. The average molecular weight is 277 g/mol. The fourth-order valence-electron chi connectivity index (χ4n) is 2.78. The number of hydrogen-bond donors (Lipinski definition) is 1. The molecular weight excluding hydrogens is 252 g/mol. The molecule has 2 aliphatic rings. The van der Waals surface area contributed by atoms with Crippen LogP contribution >= 0.6 is 12.4 Å². The minimum absolute atomic E-state index is 0. The maximum absolute atomic E-state index is 12.4. The number of halogens is 1. The number of carbonyl (C=O) groups is 1. The van der Waals surface area contributed by atoms with Gasteiger partial charge in [0.05, 0.1) is 5.54 Å². The fourth-order valence-corrected chi connectivity index (χ4v) is 2.78. The van der Waals surface area contributed by atoms with Crippen molar-refractivity contribution in [2.45, 2.75) is 38.6 Å². The maximum Gasteiger partial charge on any atom is 0.242 e. The zero-order valence-corrected chi connectivity index (χ0v) is 12.2. The van der Waals surface area contributed by atoms with Gasteiger partial charge in [0, 0.05) is 26.3 Å². The Morgan fingerprint density at radius 2 is 2.00 bits per heavy atom. The molecule has 0 aromatic carbocycles. The smallest absolute Gasteiger partial charge is 0.242 e. The predicted octanol–water partition coefficient (Wildman–Crippen LogP) is 1.42. The second kappa shape index (κ2) is 6.22. The monoisotopic (exact) mass is 276 g/mol. The Kier molecular flexibility index (Phi) is 5.44. The largest absolute Gasteiger partial charge is 0.381 e. The third-order valence-electron chi connectivity index (χ3n) is 4.27. The molecule has 1 amide bonds. The molecule has 106 valence electrons. The highest BCUT2D eigenvalue weighted by Crippen LogP contribution is 2.28. The van der Waals surface area contributed by atoms with E-state index >= 15 is 0 Å². The van der Waals surface area contributed by atoms with Gasteiger partial charge in [-0.2, -0.15) is 0 Å². The number of ether oxygens (including phenoxy) is 1. The molecule has 2 aliphatic heterocycles. The number of nitrogens with two attached hydrogens (primary N) is 1. The molecule has 4 nitrogen and oxygen atoms in total. The van der Waals surface area contributed by atoms with Crippen LogP contribution < -0.4 is 5.73 Å². The van der Waals surface area contributed by atoms with E-state index in [1.54, 1.807) is 0 Å². The Morgan fingerprint density at radius 3 is 2.50 bits per heavy atom. The molecule has 2 saturated heterocycles. The van der Waals surface area contributed by atoms with Gasteiger partial charge in [-0.1, -0.05) is 13.8 Å². The van der Waals surface area contributed by atoms with Crippen LogP contribution in [0.4, 0.5) is 0 Å². The second-order valence-electron chi connectivity index (χ2n) is 5.81. The number of amides is 1. The van der Waals surface area contributed by atoms with Gasteiger partial charge in [0.1, 0.15) is 0 Å². The van der Waals surface area contributed by atoms with E-state index in [-0.39, 0.29) is 18.3 Å². The molecule has 0 aromatic rings. The number of carbonyl (C=O) groups excluding carboxylic acids is 1. The number of rotatable bonds is 2. The van der Waals surface area contributed by atoms with Gasteiger partial charge in [-0.15, -0.1) is 12.4 Å². The summed E-state index contributed by atoms with van der Waals surface area (Å²) in [4.78, 5) is 14.4. The Balaban J connectivity index is 0.00000162. The highest BCUT2D eigenvalue weighted by Gasteiger charge is 2.41. The summed E-state index contributed by atoms with van der Waals surface area (Å²) in [5.41, 5.74) is 5.57. The van der Waals surface area contributed by atoms with Gasteiger partial charge < -0.3 is 15.4 Å². The van der Waals surface area contributed by atoms with Gasteiger partial charge in [0.15, 0.2) is 0 Å². The van der Waals surface area contributed by atoms with E-state index in [4.69, 9.17) is 10.5 Å². The van der Waals surface area contributed by atoms with Crippen molar-refractivity contribution < 1.29 is 9.53 Å². The van der Waals surface area contributed by atoms with Crippen LogP contribution in [0, 0.1) is 11.8 Å². The number of nitrogens with zero attached hydrogens (tertiary/aromatic N) is 1. The van der Waals surface area contributed by atoms with Crippen LogP contribution in [0.25, 0.3) is 0 Å². The van der Waals surface area contributed by atoms with E-state index < -0.39 is 5.54 Å². The summed E-state index contributed by atoms with van der Waals surface area (Å²) in [7, 11) is 0. The van der Waals surface area contributed by atoms with Crippen molar-refractivity contribution in [1.29, 1.82) is 0 Å². The van der Waals surface area contributed by atoms with E-state index in [1.165, 1.54) is 0 Å². The topological polar surface area (TPSA) is 55.6 Å². The van der Waals surface area contributed by atoms with E-state index in [1.807, 2.05) is 4.90 Å². The van der Waals surface area contributed by atoms with Crippen LogP contribution in [0.3, 0.4) is 0 Å². The third-order valence-corrected chi connectivity index (χ3v) is 4.27. The first-order valence-corrected chi connectivity index (χ1v) is 6.69. The van der Waals surface area contributed by atoms with Crippen LogP contribution in [-0.4, -0.2) is 42.6 Å². The van der Waals surface area contributed by atoms with Crippen molar-refractivity contribution in [2.75, 3.05) is 26.3 Å². The average Bonchev–Trinajstić information content (AvgIpc) is 2.78. The lowest BCUT2D eigenvalue weighted by Gasteiger charge is -2.35. The molecule has 0 saturated carbocycles. The summed E-state index contributed by atoms with van der Waals surface area (Å²) in [6, 6.07) is 0. The zero-order valence-electron chi connectivity index (χ0n) is 11.4. The first-order chi connectivity index (χ1) is 8.03. The van der Waals surface area contributed by atoms with Crippen LogP contribution in [0.2, 0.25) is 0 Å². The van der Waals surface area contributed by atoms with Crippen molar-refractivity contribution in [3.8, 4) is 0 Å². The van der Waals surface area contributed by atoms with Gasteiger partial charge in [-0.3, -0.25) is 4.79 Å². The first kappa shape index (κ1) is 15.7. The second-order valence-corrected chi connectivity index (χ2v) is 5.81. The summed E-state index contributed by atoms with van der Waals surface area (Å²) < 4.78 is 5.29. The molecule has 0 aliphatic carbocycles. The number of likely N-dealkylation sites (tertiary alicyclic amines) is 1. The van der Waals surface area contributed by atoms with Crippen molar-refractivity contribution >= 4 is 18.3 Å². The molecule has 2 N–H and O–H groups in total. The third kappa shape index (κ3) is 3.16. The Bertz CT molecular complexity index is 291. The normalized spacial score (nSPS) is 27.1. The Labute approximate surface area is 116 Å². The van der Waals surface area contributed by atoms with E-state index in [2.05, 4.69) is 13.8 Å². The van der Waals surface area contributed by atoms with Crippen LogP contribution in [0.5, 0.6) is 0 Å². The van der Waals surface area contributed by atoms with E-state index in [0.29, 0.717) is 37.9 Å². The standard InChI is InChI=1S/C13H24N2O2.ClH/c1-10(2)11-3-6-15(9-11)12(16)13(14)4-7-17-8-5-13;/h10-11H,3-9,14H2,1-2H3;1H. The lowest BCUT2D eigenvalue weighted by atomic mass is 9.89. The summed E-state index contributed by atoms with van der Waals surface area (Å²) >= 11 is 0. The van der Waals surface area contributed by atoms with Crippen molar-refractivity contribution in [1.82, 2.24) is 4.90 Å². The first-order valence-electron chi connectivity index (χ1n) is 6.69. The van der Waals surface area contributed by atoms with E-state index in [9.17, 15) is 4.79 Å². The minimum atomic E-state index is -0.663. The molecule has 0 aromatic heterocycles. The predicted molar refractivity (Wildman–Crippen MR) is 73.7 cm³/mol. The molecule has 2 fully saturated rings. The van der Waals surface area contributed by atoms with Gasteiger partial charge in [0.2, 0.25) is 5.91 Å². The zero-order chi connectivity index (χ0) is 12.5. The lowest BCUT2D eigenvalue weighted by Crippen LogP contribution is -2.57. The molecule has 1 unspecified atom stereocenters. The molecule has 18 heavy (non-hydrogen) atoms. The quantitative estimate of drug-likeness (QED) is 0.830. The van der Waals surface area contributed by atoms with E-state index in [0.717, 1.165) is 19.5 Å². The Morgan fingerprint density at radius 1 is 1.39 bits per heavy atom. The molecule has 1 atom stereocenters. The summed E-state index contributed by atoms with van der Waals surface area (Å²) in [6.07, 6.45) is 2.44. The van der Waals surface area contributed by atoms with Gasteiger partial charge in [0.25, 0.3) is 0 Å². The van der Waals surface area contributed by atoms with Gasteiger partial charge >= 0.3 is 0 Å². The summed E-state index contributed by atoms with van der Waals surface area (Å²) in [5, 5.41) is 0. The molecular formula is C13H25ClN2O2. The van der Waals surface area contributed by atoms with Crippen LogP contribution in [0.1, 0.15) is 33.1 Å². The SMILES string of the molecule is CC(C)C1CCN(C(=O)C2(N)CCOCC2)C1.Cl. The van der Waals surface area contributed by atoms with Crippen molar-refractivity contribution in [2.24, 2.45) is 17.6 Å². The van der Waals surface area contributed by atoms with Crippen LogP contribution in [-0.2, 0) is 9.53 Å². The van der Waals surface area contributed by atoms with Gasteiger partial charge in [-0.05, 0) is 31.1 Å². The lowest BCUT2D eigenvalue weighted by molar-refractivity contribution is -0.139. The fraction of sp³-hybridized carbons (Fsp3) is 0.923. The molecule has 2 heterocycles. The van der Waals surface area contributed by atoms with Crippen molar-refractivity contribution in [3.05, 3.63) is 0 Å². The van der Waals surface area contributed by atoms with Crippen LogP contribution in [0.15, 0.2) is 0 Å². The highest BCUT2D eigenvalue weighted by molar-refractivity contribution is 5.86. The Hall–Kier alpha value is -0.320.